The molecule has 0 saturated heterocycles. The van der Waals surface area contributed by atoms with E-state index in [0.717, 1.165) is 6.42 Å². The van der Waals surface area contributed by atoms with Gasteiger partial charge in [0, 0.05) is 30.6 Å². The second-order valence-corrected chi connectivity index (χ2v) is 5.44. The van der Waals surface area contributed by atoms with Crippen LogP contribution in [0, 0.1) is 5.92 Å². The molecule has 2 aromatic rings. The van der Waals surface area contributed by atoms with Gasteiger partial charge in [-0.2, -0.15) is 0 Å². The van der Waals surface area contributed by atoms with E-state index in [4.69, 9.17) is 0 Å². The van der Waals surface area contributed by atoms with Crippen LogP contribution in [0.2, 0.25) is 0 Å². The zero-order valence-corrected chi connectivity index (χ0v) is 12.1. The molecule has 0 aliphatic rings. The van der Waals surface area contributed by atoms with E-state index >= 15 is 0 Å². The second-order valence-electron chi connectivity index (χ2n) is 5.44. The highest BCUT2D eigenvalue weighted by atomic mass is 16.2. The molecule has 20 heavy (non-hydrogen) atoms. The van der Waals surface area contributed by atoms with Crippen LogP contribution in [-0.2, 0) is 7.05 Å². The van der Waals surface area contributed by atoms with E-state index < -0.39 is 0 Å². The molecule has 106 valence electrons. The van der Waals surface area contributed by atoms with Gasteiger partial charge in [-0.25, -0.2) is 0 Å². The SMILES string of the molecule is CC(C)CCNC(=O)c1cn(C)c(=O)c2ccccc12. The normalized spacial score (nSPS) is 11.0. The Morgan fingerprint density at radius 3 is 2.55 bits per heavy atom. The van der Waals surface area contributed by atoms with Gasteiger partial charge in [-0.3, -0.25) is 9.59 Å². The third kappa shape index (κ3) is 2.90. The van der Waals surface area contributed by atoms with E-state index in [0.29, 0.717) is 28.8 Å². The maximum atomic E-state index is 12.3. The van der Waals surface area contributed by atoms with E-state index in [1.165, 1.54) is 4.57 Å². The van der Waals surface area contributed by atoms with Crippen LogP contribution in [0.25, 0.3) is 10.8 Å². The molecule has 4 nitrogen and oxygen atoms in total. The molecule has 2 rings (SSSR count). The van der Waals surface area contributed by atoms with Crippen molar-refractivity contribution in [2.75, 3.05) is 6.54 Å². The average molecular weight is 272 g/mol. The highest BCUT2D eigenvalue weighted by Crippen LogP contribution is 2.15. The first-order valence-corrected chi connectivity index (χ1v) is 6.87. The second kappa shape index (κ2) is 5.90. The molecule has 0 aliphatic carbocycles. The largest absolute Gasteiger partial charge is 0.352 e. The summed E-state index contributed by atoms with van der Waals surface area (Å²) in [6.45, 7) is 4.88. The lowest BCUT2D eigenvalue weighted by molar-refractivity contribution is 0.0953. The predicted octanol–water partition coefficient (Wildman–Crippen LogP) is 2.31. The van der Waals surface area contributed by atoms with Crippen molar-refractivity contribution < 1.29 is 4.79 Å². The van der Waals surface area contributed by atoms with Crippen LogP contribution in [0.15, 0.2) is 35.3 Å². The smallest absolute Gasteiger partial charge is 0.258 e. The first kappa shape index (κ1) is 14.3. The average Bonchev–Trinajstić information content (AvgIpc) is 2.42. The van der Waals surface area contributed by atoms with Crippen molar-refractivity contribution in [3.63, 3.8) is 0 Å². The summed E-state index contributed by atoms with van der Waals surface area (Å²) in [5, 5.41) is 4.20. The number of nitrogens with zero attached hydrogens (tertiary/aromatic N) is 1. The summed E-state index contributed by atoms with van der Waals surface area (Å²) < 4.78 is 1.46. The number of rotatable bonds is 4. The third-order valence-electron chi connectivity index (χ3n) is 3.34. The highest BCUT2D eigenvalue weighted by molar-refractivity contribution is 6.06. The van der Waals surface area contributed by atoms with Gasteiger partial charge < -0.3 is 9.88 Å². The molecule has 1 heterocycles. The molecular formula is C16H20N2O2. The van der Waals surface area contributed by atoms with Gasteiger partial charge in [0.2, 0.25) is 0 Å². The van der Waals surface area contributed by atoms with Crippen LogP contribution in [0.4, 0.5) is 0 Å². The predicted molar refractivity (Wildman–Crippen MR) is 81.0 cm³/mol. The fourth-order valence-corrected chi connectivity index (χ4v) is 2.17. The van der Waals surface area contributed by atoms with Crippen LogP contribution in [-0.4, -0.2) is 17.0 Å². The Balaban J connectivity index is 2.37. The first-order valence-electron chi connectivity index (χ1n) is 6.87. The van der Waals surface area contributed by atoms with Gasteiger partial charge in [-0.1, -0.05) is 32.0 Å². The summed E-state index contributed by atoms with van der Waals surface area (Å²) in [4.78, 5) is 24.3. The Hall–Kier alpha value is -2.10. The van der Waals surface area contributed by atoms with E-state index in [1.54, 1.807) is 19.3 Å². The van der Waals surface area contributed by atoms with Gasteiger partial charge in [-0.15, -0.1) is 0 Å². The van der Waals surface area contributed by atoms with Gasteiger partial charge in [0.05, 0.1) is 5.56 Å². The number of amides is 1. The quantitative estimate of drug-likeness (QED) is 0.928. The lowest BCUT2D eigenvalue weighted by Gasteiger charge is -2.10. The number of benzene rings is 1. The Morgan fingerprint density at radius 2 is 1.90 bits per heavy atom. The van der Waals surface area contributed by atoms with Crippen molar-refractivity contribution in [3.8, 4) is 0 Å². The summed E-state index contributed by atoms with van der Waals surface area (Å²) in [6, 6.07) is 7.22. The number of aryl methyl sites for hydroxylation is 1. The molecule has 1 aromatic carbocycles. The molecule has 0 radical (unpaired) electrons. The van der Waals surface area contributed by atoms with Crippen molar-refractivity contribution in [1.82, 2.24) is 9.88 Å². The standard InChI is InChI=1S/C16H20N2O2/c1-11(2)8-9-17-15(19)14-10-18(3)16(20)13-7-5-4-6-12(13)14/h4-7,10-11H,8-9H2,1-3H3,(H,17,19). The van der Waals surface area contributed by atoms with Crippen LogP contribution in [0.1, 0.15) is 30.6 Å². The molecule has 4 heteroatoms. The zero-order valence-electron chi connectivity index (χ0n) is 12.1. The van der Waals surface area contributed by atoms with E-state index in [-0.39, 0.29) is 11.5 Å². The Bertz CT molecular complexity index is 686. The number of nitrogens with one attached hydrogen (secondary N) is 1. The van der Waals surface area contributed by atoms with Crippen molar-refractivity contribution >= 4 is 16.7 Å². The number of carbonyl (C=O) groups excluding carboxylic acids is 1. The molecular weight excluding hydrogens is 252 g/mol. The Kier molecular flexibility index (Phi) is 4.23. The van der Waals surface area contributed by atoms with Crippen molar-refractivity contribution in [1.29, 1.82) is 0 Å². The van der Waals surface area contributed by atoms with Crippen molar-refractivity contribution in [3.05, 3.63) is 46.4 Å². The van der Waals surface area contributed by atoms with Crippen LogP contribution in [0.5, 0.6) is 0 Å². The van der Waals surface area contributed by atoms with Gasteiger partial charge in [-0.05, 0) is 18.4 Å². The molecule has 0 unspecified atom stereocenters. The fraction of sp³-hybridized carbons (Fsp3) is 0.375. The van der Waals surface area contributed by atoms with Gasteiger partial charge in [0.15, 0.2) is 0 Å². The maximum absolute atomic E-state index is 12.3. The summed E-state index contributed by atoms with van der Waals surface area (Å²) in [6.07, 6.45) is 2.55. The molecule has 0 fully saturated rings. The topological polar surface area (TPSA) is 51.1 Å². The summed E-state index contributed by atoms with van der Waals surface area (Å²) in [5.41, 5.74) is 0.464. The summed E-state index contributed by atoms with van der Waals surface area (Å²) in [5.74, 6) is 0.421. The number of fused-ring (bicyclic) bond motifs is 1. The maximum Gasteiger partial charge on any atom is 0.258 e. The fourth-order valence-electron chi connectivity index (χ4n) is 2.17. The lowest BCUT2D eigenvalue weighted by atomic mass is 10.1. The van der Waals surface area contributed by atoms with Crippen LogP contribution >= 0.6 is 0 Å². The summed E-state index contributed by atoms with van der Waals surface area (Å²) >= 11 is 0. The molecule has 0 bridgehead atoms. The zero-order chi connectivity index (χ0) is 14.7. The van der Waals surface area contributed by atoms with E-state index in [1.807, 2.05) is 18.2 Å². The minimum Gasteiger partial charge on any atom is -0.352 e. The molecule has 0 atom stereocenters. The molecule has 0 spiro atoms. The molecule has 1 N–H and O–H groups in total. The van der Waals surface area contributed by atoms with Gasteiger partial charge in [0.1, 0.15) is 0 Å². The minimum atomic E-state index is -0.127. The minimum absolute atomic E-state index is 0.0840. The Labute approximate surface area is 118 Å². The third-order valence-corrected chi connectivity index (χ3v) is 3.34. The monoisotopic (exact) mass is 272 g/mol. The van der Waals surface area contributed by atoms with Crippen molar-refractivity contribution in [2.45, 2.75) is 20.3 Å². The Morgan fingerprint density at radius 1 is 1.25 bits per heavy atom. The number of carbonyl (C=O) groups is 1. The molecule has 1 aromatic heterocycles. The van der Waals surface area contributed by atoms with Crippen molar-refractivity contribution in [2.24, 2.45) is 13.0 Å². The highest BCUT2D eigenvalue weighted by Gasteiger charge is 2.13. The number of pyridine rings is 1. The molecule has 1 amide bonds. The summed E-state index contributed by atoms with van der Waals surface area (Å²) in [7, 11) is 1.67. The van der Waals surface area contributed by atoms with Gasteiger partial charge in [0.25, 0.3) is 11.5 Å². The molecule has 0 saturated carbocycles. The number of hydrogen-bond acceptors (Lipinski definition) is 2. The van der Waals surface area contributed by atoms with Crippen LogP contribution < -0.4 is 10.9 Å². The van der Waals surface area contributed by atoms with Crippen LogP contribution in [0.3, 0.4) is 0 Å². The first-order chi connectivity index (χ1) is 9.50. The van der Waals surface area contributed by atoms with Gasteiger partial charge >= 0.3 is 0 Å². The van der Waals surface area contributed by atoms with E-state index in [9.17, 15) is 9.59 Å². The number of hydrogen-bond donors (Lipinski definition) is 1. The molecule has 0 aliphatic heterocycles. The lowest BCUT2D eigenvalue weighted by Crippen LogP contribution is -2.28. The number of aromatic nitrogens is 1. The van der Waals surface area contributed by atoms with E-state index in [2.05, 4.69) is 19.2 Å².